The van der Waals surface area contributed by atoms with Crippen LogP contribution in [0.1, 0.15) is 6.92 Å². The fourth-order valence-corrected chi connectivity index (χ4v) is 1.28. The van der Waals surface area contributed by atoms with E-state index in [1.54, 1.807) is 0 Å². The van der Waals surface area contributed by atoms with Crippen LogP contribution in [-0.2, 0) is 27.8 Å². The smallest absolute Gasteiger partial charge is 1.00 e. The summed E-state index contributed by atoms with van der Waals surface area (Å²) in [5.41, 5.74) is 0. The van der Waals surface area contributed by atoms with Gasteiger partial charge in [-0.15, -0.1) is 0 Å². The van der Waals surface area contributed by atoms with E-state index < -0.39 is 0 Å². The Labute approximate surface area is 75.7 Å². The average Bonchev–Trinajstić information content (AvgIpc) is 2.12. The summed E-state index contributed by atoms with van der Waals surface area (Å²) in [4.78, 5) is 0. The molecule has 50 valence electrons. The van der Waals surface area contributed by atoms with Crippen LogP contribution in [0, 0.1) is 0 Å². The Bertz CT molecular complexity index is 73.4. The normalized spacial score (nSPS) is 23.4. The topological polar surface area (TPSA) is 18.5 Å². The molecule has 0 spiro atoms. The fraction of sp³-hybridized carbons (Fsp3) is 1.00. The van der Waals surface area contributed by atoms with Crippen LogP contribution < -0.4 is 17.0 Å². The van der Waals surface area contributed by atoms with Crippen LogP contribution in [0.5, 0.6) is 0 Å². The molecule has 1 atom stereocenters. The van der Waals surface area contributed by atoms with Gasteiger partial charge in [-0.3, -0.25) is 0 Å². The molecule has 0 radical (unpaired) electrons. The first-order valence-corrected chi connectivity index (χ1v) is 4.58. The van der Waals surface area contributed by atoms with Crippen molar-refractivity contribution in [2.24, 2.45) is 0 Å². The Balaban J connectivity index is 0.000000640. The van der Waals surface area contributed by atoms with Gasteiger partial charge in [0.05, 0.1) is 0 Å². The van der Waals surface area contributed by atoms with E-state index >= 15 is 0 Å². The molecule has 1 aliphatic heterocycles. The molecular formula is C5H9BrO2Zn. The second kappa shape index (κ2) is 4.78. The predicted octanol–water partition coefficient (Wildman–Crippen LogP) is -2.28. The van der Waals surface area contributed by atoms with Crippen LogP contribution in [-0.4, -0.2) is 19.5 Å². The van der Waals surface area contributed by atoms with E-state index in [0.717, 1.165) is 13.2 Å². The first-order chi connectivity index (χ1) is 3.80. The standard InChI is InChI=1S/C5H9O2.BrH.Zn/c1-2-5-6-3-4-7-5;;/h2,5H,3-4H2,1H3;1H;/q;;+1/p-1. The van der Waals surface area contributed by atoms with Gasteiger partial charge >= 0.3 is 58.7 Å². The molecule has 4 heteroatoms. The molecule has 1 aliphatic rings. The summed E-state index contributed by atoms with van der Waals surface area (Å²) < 4.78 is 11.1. The van der Waals surface area contributed by atoms with Gasteiger partial charge in [-0.05, 0) is 0 Å². The molecule has 0 aromatic carbocycles. The minimum absolute atomic E-state index is 0. The molecule has 1 rings (SSSR count). The fourth-order valence-electron chi connectivity index (χ4n) is 0.705. The maximum Gasteiger partial charge on any atom is -1.00 e. The summed E-state index contributed by atoms with van der Waals surface area (Å²) in [6, 6.07) is 0. The largest absolute Gasteiger partial charge is 1.00 e. The summed E-state index contributed by atoms with van der Waals surface area (Å²) >= 11 is 1.25. The Hall–Kier alpha value is 1.02. The van der Waals surface area contributed by atoms with Crippen LogP contribution >= 0.6 is 0 Å². The van der Waals surface area contributed by atoms with Crippen molar-refractivity contribution in [2.45, 2.75) is 17.7 Å². The number of hydrogen-bond donors (Lipinski definition) is 0. The molecule has 0 aromatic rings. The van der Waals surface area contributed by atoms with Gasteiger partial charge in [-0.1, -0.05) is 0 Å². The third-order valence-corrected chi connectivity index (χ3v) is 1.92. The monoisotopic (exact) mass is 244 g/mol. The second-order valence-electron chi connectivity index (χ2n) is 2.09. The number of halogens is 1. The SMILES string of the molecule is C[CH]([Zn+])C1OCCO1.[Br-]. The number of rotatable bonds is 1. The van der Waals surface area contributed by atoms with E-state index in [9.17, 15) is 0 Å². The van der Waals surface area contributed by atoms with Gasteiger partial charge in [0.1, 0.15) is 0 Å². The molecule has 0 amide bonds. The molecule has 0 N–H and O–H groups in total. The molecule has 1 fully saturated rings. The van der Waals surface area contributed by atoms with E-state index in [1.807, 2.05) is 0 Å². The van der Waals surface area contributed by atoms with Crippen molar-refractivity contribution in [3.63, 3.8) is 0 Å². The molecule has 1 heterocycles. The second-order valence-corrected chi connectivity index (χ2v) is 4.79. The maximum atomic E-state index is 5.22. The maximum absolute atomic E-state index is 5.22. The van der Waals surface area contributed by atoms with E-state index in [-0.39, 0.29) is 23.3 Å². The van der Waals surface area contributed by atoms with Gasteiger partial charge in [-0.25, -0.2) is 0 Å². The first-order valence-electron chi connectivity index (χ1n) is 2.87. The van der Waals surface area contributed by atoms with Crippen LogP contribution in [0.3, 0.4) is 0 Å². The Morgan fingerprint density at radius 2 is 1.89 bits per heavy atom. The molecule has 0 aliphatic carbocycles. The molecule has 9 heavy (non-hydrogen) atoms. The quantitative estimate of drug-likeness (QED) is 0.485. The first kappa shape index (κ1) is 10.0. The van der Waals surface area contributed by atoms with Gasteiger partial charge in [0.25, 0.3) is 0 Å². The van der Waals surface area contributed by atoms with Crippen molar-refractivity contribution >= 4 is 0 Å². The third-order valence-electron chi connectivity index (χ3n) is 1.11. The third kappa shape index (κ3) is 3.08. The van der Waals surface area contributed by atoms with Crippen molar-refractivity contribution in [3.8, 4) is 0 Å². The van der Waals surface area contributed by atoms with E-state index in [4.69, 9.17) is 9.47 Å². The van der Waals surface area contributed by atoms with E-state index in [1.165, 1.54) is 18.3 Å². The van der Waals surface area contributed by atoms with Gasteiger partial charge in [-0.2, -0.15) is 0 Å². The van der Waals surface area contributed by atoms with Gasteiger partial charge in [0.15, 0.2) is 0 Å². The number of hydrogen-bond acceptors (Lipinski definition) is 2. The summed E-state index contributed by atoms with van der Waals surface area (Å²) in [7, 11) is 0. The van der Waals surface area contributed by atoms with Crippen LogP contribution in [0.4, 0.5) is 0 Å². The molecule has 0 saturated carbocycles. The van der Waals surface area contributed by atoms with Gasteiger partial charge in [0.2, 0.25) is 0 Å². The zero-order valence-corrected chi connectivity index (χ0v) is 10.0. The Morgan fingerprint density at radius 1 is 1.44 bits per heavy atom. The molecule has 0 aromatic heterocycles. The summed E-state index contributed by atoms with van der Waals surface area (Å²) in [6.45, 7) is 3.72. The zero-order chi connectivity index (χ0) is 5.98. The van der Waals surface area contributed by atoms with Gasteiger partial charge < -0.3 is 17.0 Å². The van der Waals surface area contributed by atoms with E-state index in [0.29, 0.717) is 4.51 Å². The van der Waals surface area contributed by atoms with Crippen molar-refractivity contribution in [2.75, 3.05) is 13.2 Å². The van der Waals surface area contributed by atoms with Crippen molar-refractivity contribution < 1.29 is 44.8 Å². The Kier molecular flexibility index (Phi) is 5.32. The van der Waals surface area contributed by atoms with E-state index in [2.05, 4.69) is 6.92 Å². The molecular weight excluding hydrogens is 237 g/mol. The molecule has 0 bridgehead atoms. The zero-order valence-electron chi connectivity index (χ0n) is 5.47. The van der Waals surface area contributed by atoms with Crippen LogP contribution in [0.25, 0.3) is 0 Å². The minimum atomic E-state index is 0. The van der Waals surface area contributed by atoms with Crippen molar-refractivity contribution in [1.29, 1.82) is 0 Å². The summed E-state index contributed by atoms with van der Waals surface area (Å²) in [5, 5.41) is 0. The van der Waals surface area contributed by atoms with Crippen molar-refractivity contribution in [1.82, 2.24) is 0 Å². The van der Waals surface area contributed by atoms with Crippen LogP contribution in [0.2, 0.25) is 4.51 Å². The average molecular weight is 246 g/mol. The summed E-state index contributed by atoms with van der Waals surface area (Å²) in [5.74, 6) is 0. The summed E-state index contributed by atoms with van der Waals surface area (Å²) in [6.07, 6.45) is 0.120. The molecule has 2 nitrogen and oxygen atoms in total. The number of ether oxygens (including phenoxy) is 2. The Morgan fingerprint density at radius 3 is 2.11 bits per heavy atom. The molecule has 1 unspecified atom stereocenters. The van der Waals surface area contributed by atoms with Gasteiger partial charge in [0, 0.05) is 0 Å². The van der Waals surface area contributed by atoms with Crippen LogP contribution in [0.15, 0.2) is 0 Å². The predicted molar refractivity (Wildman–Crippen MR) is 25.1 cm³/mol. The van der Waals surface area contributed by atoms with Crippen molar-refractivity contribution in [3.05, 3.63) is 0 Å². The molecule has 1 saturated heterocycles. The minimum Gasteiger partial charge on any atom is -1.00 e.